The van der Waals surface area contributed by atoms with Crippen molar-refractivity contribution in [1.29, 1.82) is 0 Å². The monoisotopic (exact) mass is 206 g/mol. The molecule has 4 nitrogen and oxygen atoms in total. The molecular formula is C11H14N2O2. The topological polar surface area (TPSA) is 65.2 Å². The van der Waals surface area contributed by atoms with E-state index in [0.29, 0.717) is 5.75 Å². The van der Waals surface area contributed by atoms with Crippen molar-refractivity contribution in [3.63, 3.8) is 0 Å². The first-order chi connectivity index (χ1) is 7.22. The van der Waals surface area contributed by atoms with Gasteiger partial charge < -0.3 is 10.5 Å². The van der Waals surface area contributed by atoms with Gasteiger partial charge in [-0.3, -0.25) is 4.79 Å². The summed E-state index contributed by atoms with van der Waals surface area (Å²) in [5.41, 5.74) is 6.50. The minimum Gasteiger partial charge on any atom is -0.488 e. The summed E-state index contributed by atoms with van der Waals surface area (Å²) in [5, 5.41) is 0. The van der Waals surface area contributed by atoms with Crippen LogP contribution >= 0.6 is 0 Å². The molecule has 1 heterocycles. The number of carbonyl (C=O) groups excluding carboxylic acids is 1. The van der Waals surface area contributed by atoms with Gasteiger partial charge in [-0.15, -0.1) is 0 Å². The van der Waals surface area contributed by atoms with E-state index in [-0.39, 0.29) is 11.8 Å². The first kappa shape index (κ1) is 9.96. The summed E-state index contributed by atoms with van der Waals surface area (Å²) in [6.45, 7) is 2.01. The van der Waals surface area contributed by atoms with Gasteiger partial charge in [0.15, 0.2) is 11.4 Å². The summed E-state index contributed by atoms with van der Waals surface area (Å²) in [7, 11) is 0. The summed E-state index contributed by atoms with van der Waals surface area (Å²) in [4.78, 5) is 15.1. The molecular weight excluding hydrogens is 192 g/mol. The number of aryl methyl sites for hydroxylation is 1. The third-order valence-electron chi connectivity index (χ3n) is 2.41. The van der Waals surface area contributed by atoms with Crippen LogP contribution in [0.15, 0.2) is 12.3 Å². The molecule has 0 aliphatic heterocycles. The molecule has 1 aromatic rings. The fraction of sp³-hybridized carbons (Fsp3) is 0.455. The van der Waals surface area contributed by atoms with Crippen molar-refractivity contribution in [2.45, 2.75) is 32.3 Å². The van der Waals surface area contributed by atoms with E-state index in [0.717, 1.165) is 24.8 Å². The van der Waals surface area contributed by atoms with E-state index in [2.05, 4.69) is 4.98 Å². The fourth-order valence-corrected chi connectivity index (χ4v) is 1.43. The predicted octanol–water partition coefficient (Wildman–Crippen LogP) is 1.28. The Labute approximate surface area is 88.4 Å². The Morgan fingerprint density at radius 1 is 1.67 bits per heavy atom. The zero-order chi connectivity index (χ0) is 10.8. The number of hydrogen-bond acceptors (Lipinski definition) is 3. The summed E-state index contributed by atoms with van der Waals surface area (Å²) in [6, 6.07) is 1.87. The molecule has 4 heteroatoms. The van der Waals surface area contributed by atoms with Crippen molar-refractivity contribution in [2.24, 2.45) is 5.73 Å². The van der Waals surface area contributed by atoms with E-state index in [4.69, 9.17) is 10.5 Å². The largest absolute Gasteiger partial charge is 0.488 e. The zero-order valence-corrected chi connectivity index (χ0v) is 8.69. The van der Waals surface area contributed by atoms with Gasteiger partial charge in [0.2, 0.25) is 0 Å². The molecule has 0 atom stereocenters. The van der Waals surface area contributed by atoms with Gasteiger partial charge in [0, 0.05) is 6.20 Å². The maximum atomic E-state index is 11.2. The first-order valence-corrected chi connectivity index (χ1v) is 5.16. The highest BCUT2D eigenvalue weighted by Gasteiger charge is 2.27. The average molecular weight is 206 g/mol. The lowest BCUT2D eigenvalue weighted by Gasteiger charge is -2.11. The van der Waals surface area contributed by atoms with Crippen molar-refractivity contribution in [3.05, 3.63) is 23.5 Å². The Morgan fingerprint density at radius 2 is 2.40 bits per heavy atom. The van der Waals surface area contributed by atoms with Gasteiger partial charge >= 0.3 is 0 Å². The number of primary amides is 1. The molecule has 80 valence electrons. The van der Waals surface area contributed by atoms with Gasteiger partial charge in [-0.05, 0) is 30.9 Å². The molecule has 1 fully saturated rings. The molecule has 0 radical (unpaired) electrons. The highest BCUT2D eigenvalue weighted by atomic mass is 16.5. The van der Waals surface area contributed by atoms with Crippen molar-refractivity contribution in [3.8, 4) is 5.75 Å². The lowest BCUT2D eigenvalue weighted by molar-refractivity contribution is 0.0990. The van der Waals surface area contributed by atoms with Gasteiger partial charge in [-0.1, -0.05) is 6.92 Å². The van der Waals surface area contributed by atoms with Crippen LogP contribution in [0.5, 0.6) is 5.75 Å². The van der Waals surface area contributed by atoms with E-state index < -0.39 is 5.91 Å². The number of carbonyl (C=O) groups is 1. The van der Waals surface area contributed by atoms with Crippen LogP contribution in [0.3, 0.4) is 0 Å². The highest BCUT2D eigenvalue weighted by Crippen LogP contribution is 2.31. The Balaban J connectivity index is 2.38. The van der Waals surface area contributed by atoms with E-state index >= 15 is 0 Å². The van der Waals surface area contributed by atoms with E-state index in [1.165, 1.54) is 0 Å². The average Bonchev–Trinajstić information content (AvgIpc) is 3.01. The van der Waals surface area contributed by atoms with E-state index in [1.54, 1.807) is 6.20 Å². The minimum absolute atomic E-state index is 0.248. The van der Waals surface area contributed by atoms with Gasteiger partial charge in [-0.25, -0.2) is 4.98 Å². The normalized spacial score (nSPS) is 15.0. The maximum Gasteiger partial charge on any atom is 0.271 e. The van der Waals surface area contributed by atoms with Crippen LogP contribution in [0, 0.1) is 0 Å². The van der Waals surface area contributed by atoms with E-state index in [1.807, 2.05) is 13.0 Å². The number of nitrogens with two attached hydrogens (primary N) is 1. The molecule has 0 bridgehead atoms. The Kier molecular flexibility index (Phi) is 2.58. The lowest BCUT2D eigenvalue weighted by Crippen LogP contribution is -2.16. The minimum atomic E-state index is -0.527. The number of amides is 1. The lowest BCUT2D eigenvalue weighted by atomic mass is 10.1. The van der Waals surface area contributed by atoms with Crippen molar-refractivity contribution in [1.82, 2.24) is 4.98 Å². The maximum absolute atomic E-state index is 11.2. The Bertz CT molecular complexity index is 386. The fourth-order valence-electron chi connectivity index (χ4n) is 1.43. The van der Waals surface area contributed by atoms with Crippen molar-refractivity contribution in [2.75, 3.05) is 0 Å². The van der Waals surface area contributed by atoms with Gasteiger partial charge in [0.1, 0.15) is 0 Å². The number of nitrogens with zero attached hydrogens (tertiary/aromatic N) is 1. The predicted molar refractivity (Wildman–Crippen MR) is 55.8 cm³/mol. The molecule has 0 saturated heterocycles. The van der Waals surface area contributed by atoms with Crippen LogP contribution in [0.1, 0.15) is 35.8 Å². The third kappa shape index (κ3) is 2.09. The Hall–Kier alpha value is -1.58. The van der Waals surface area contributed by atoms with Crippen LogP contribution in [-0.4, -0.2) is 17.0 Å². The molecule has 0 aromatic carbocycles. The summed E-state index contributed by atoms with van der Waals surface area (Å²) in [5.74, 6) is 0.0518. The van der Waals surface area contributed by atoms with Crippen LogP contribution < -0.4 is 10.5 Å². The van der Waals surface area contributed by atoms with Gasteiger partial charge in [-0.2, -0.15) is 0 Å². The number of aromatic nitrogens is 1. The van der Waals surface area contributed by atoms with Crippen molar-refractivity contribution < 1.29 is 9.53 Å². The molecule has 15 heavy (non-hydrogen) atoms. The quantitative estimate of drug-likeness (QED) is 0.807. The highest BCUT2D eigenvalue weighted by molar-refractivity contribution is 5.94. The number of hydrogen-bond donors (Lipinski definition) is 1. The van der Waals surface area contributed by atoms with Crippen LogP contribution in [0.25, 0.3) is 0 Å². The SMILES string of the molecule is CCc1ccnc(C(N)=O)c1OC1CC1. The zero-order valence-electron chi connectivity index (χ0n) is 8.69. The van der Waals surface area contributed by atoms with Crippen LogP contribution in [0.2, 0.25) is 0 Å². The summed E-state index contributed by atoms with van der Waals surface area (Å²) in [6.07, 6.45) is 4.76. The van der Waals surface area contributed by atoms with Gasteiger partial charge in [0.25, 0.3) is 5.91 Å². The van der Waals surface area contributed by atoms with E-state index in [9.17, 15) is 4.79 Å². The van der Waals surface area contributed by atoms with Crippen molar-refractivity contribution >= 4 is 5.91 Å². The molecule has 2 N–H and O–H groups in total. The Morgan fingerprint density at radius 3 is 2.93 bits per heavy atom. The molecule has 2 rings (SSSR count). The molecule has 1 saturated carbocycles. The molecule has 1 aliphatic rings. The third-order valence-corrected chi connectivity index (χ3v) is 2.41. The molecule has 1 amide bonds. The standard InChI is InChI=1S/C11H14N2O2/c1-2-7-5-6-13-9(11(12)14)10(7)15-8-3-4-8/h5-6,8H,2-4H2,1H3,(H2,12,14). The second kappa shape index (κ2) is 3.88. The molecule has 1 aliphatic carbocycles. The summed E-state index contributed by atoms with van der Waals surface area (Å²) >= 11 is 0. The van der Waals surface area contributed by atoms with Gasteiger partial charge in [0.05, 0.1) is 6.10 Å². The molecule has 1 aromatic heterocycles. The second-order valence-electron chi connectivity index (χ2n) is 3.68. The first-order valence-electron chi connectivity index (χ1n) is 5.16. The summed E-state index contributed by atoms with van der Waals surface area (Å²) < 4.78 is 5.68. The number of pyridine rings is 1. The number of rotatable bonds is 4. The number of ether oxygens (including phenoxy) is 1. The molecule has 0 unspecified atom stereocenters. The molecule has 0 spiro atoms. The second-order valence-corrected chi connectivity index (χ2v) is 3.68. The smallest absolute Gasteiger partial charge is 0.271 e. The van der Waals surface area contributed by atoms with Crippen LogP contribution in [-0.2, 0) is 6.42 Å². The van der Waals surface area contributed by atoms with Crippen LogP contribution in [0.4, 0.5) is 0 Å².